The summed E-state index contributed by atoms with van der Waals surface area (Å²) < 4.78 is 29.2. The van der Waals surface area contributed by atoms with Gasteiger partial charge in [-0.25, -0.2) is 9.18 Å². The van der Waals surface area contributed by atoms with E-state index in [1.165, 1.54) is 26.4 Å². The van der Waals surface area contributed by atoms with Gasteiger partial charge in [-0.05, 0) is 48.3 Å². The van der Waals surface area contributed by atoms with E-state index in [0.29, 0.717) is 29.1 Å². The first-order chi connectivity index (χ1) is 14.0. The second-order valence-electron chi connectivity index (χ2n) is 6.08. The van der Waals surface area contributed by atoms with Crippen molar-refractivity contribution in [2.24, 2.45) is 0 Å². The first-order valence-electron chi connectivity index (χ1n) is 8.92. The fraction of sp³-hybridized carbons (Fsp3) is 0.333. The highest BCUT2D eigenvalue weighted by Crippen LogP contribution is 2.19. The molecule has 2 aromatic rings. The number of thioether (sulfide) groups is 1. The molecule has 0 aliphatic carbocycles. The van der Waals surface area contributed by atoms with Gasteiger partial charge in [-0.3, -0.25) is 4.79 Å². The van der Waals surface area contributed by atoms with Crippen molar-refractivity contribution < 1.29 is 28.2 Å². The Balaban J connectivity index is 2.05. The third kappa shape index (κ3) is 6.39. The van der Waals surface area contributed by atoms with Crippen molar-refractivity contribution in [2.75, 3.05) is 26.2 Å². The molecule has 156 valence electrons. The van der Waals surface area contributed by atoms with Crippen molar-refractivity contribution in [3.63, 3.8) is 0 Å². The third-order valence-corrected chi connectivity index (χ3v) is 4.79. The molecule has 0 aliphatic rings. The predicted octanol–water partition coefficient (Wildman–Crippen LogP) is 3.44. The van der Waals surface area contributed by atoms with Crippen molar-refractivity contribution in [3.05, 3.63) is 59.4 Å². The van der Waals surface area contributed by atoms with Crippen molar-refractivity contribution in [2.45, 2.75) is 19.1 Å². The number of benzene rings is 2. The molecule has 8 heteroatoms. The summed E-state index contributed by atoms with van der Waals surface area (Å²) in [6, 6.07) is 10.2. The first-order valence-corrected chi connectivity index (χ1v) is 10.3. The van der Waals surface area contributed by atoms with Crippen LogP contribution in [0.2, 0.25) is 0 Å². The van der Waals surface area contributed by atoms with Crippen LogP contribution in [0.25, 0.3) is 0 Å². The molecular weight excluding hydrogens is 397 g/mol. The monoisotopic (exact) mass is 421 g/mol. The molecule has 2 rings (SSSR count). The number of methoxy groups -OCH3 is 2. The number of amides is 1. The van der Waals surface area contributed by atoms with Crippen LogP contribution in [-0.4, -0.2) is 44.1 Å². The molecule has 1 atom stereocenters. The van der Waals surface area contributed by atoms with E-state index in [4.69, 9.17) is 14.2 Å². The van der Waals surface area contributed by atoms with E-state index in [9.17, 15) is 14.0 Å². The third-order valence-electron chi connectivity index (χ3n) is 4.15. The van der Waals surface area contributed by atoms with Gasteiger partial charge in [-0.2, -0.15) is 11.8 Å². The van der Waals surface area contributed by atoms with Crippen LogP contribution in [0.4, 0.5) is 4.39 Å². The second kappa shape index (κ2) is 11.3. The fourth-order valence-electron chi connectivity index (χ4n) is 2.61. The Kier molecular flexibility index (Phi) is 8.79. The van der Waals surface area contributed by atoms with E-state index in [0.717, 1.165) is 0 Å². The van der Waals surface area contributed by atoms with Crippen molar-refractivity contribution in [3.8, 4) is 11.5 Å². The quantitative estimate of drug-likeness (QED) is 0.593. The van der Waals surface area contributed by atoms with E-state index in [1.807, 2.05) is 6.26 Å². The Bertz CT molecular complexity index is 846. The molecule has 0 unspecified atom stereocenters. The number of ether oxygens (including phenoxy) is 3. The molecule has 0 heterocycles. The van der Waals surface area contributed by atoms with E-state index < -0.39 is 23.7 Å². The van der Waals surface area contributed by atoms with Gasteiger partial charge in [0.15, 0.2) is 11.6 Å². The Morgan fingerprint density at radius 3 is 2.48 bits per heavy atom. The van der Waals surface area contributed by atoms with Crippen LogP contribution in [0.3, 0.4) is 0 Å². The van der Waals surface area contributed by atoms with Crippen molar-refractivity contribution >= 4 is 23.6 Å². The fourth-order valence-corrected chi connectivity index (χ4v) is 3.08. The molecule has 1 amide bonds. The summed E-state index contributed by atoms with van der Waals surface area (Å²) in [5, 5.41) is 2.71. The minimum Gasteiger partial charge on any atom is -0.496 e. The molecule has 0 saturated carbocycles. The summed E-state index contributed by atoms with van der Waals surface area (Å²) >= 11 is 1.55. The molecule has 29 heavy (non-hydrogen) atoms. The molecular formula is C21H24FNO5S. The summed E-state index contributed by atoms with van der Waals surface area (Å²) in [6.07, 6.45) is 2.31. The number of esters is 1. The summed E-state index contributed by atoms with van der Waals surface area (Å²) in [4.78, 5) is 25.2. The number of para-hydroxylation sites is 1. The van der Waals surface area contributed by atoms with Gasteiger partial charge in [-0.15, -0.1) is 0 Å². The van der Waals surface area contributed by atoms with Crippen LogP contribution >= 0.6 is 11.8 Å². The van der Waals surface area contributed by atoms with Gasteiger partial charge in [0.1, 0.15) is 18.4 Å². The van der Waals surface area contributed by atoms with Crippen LogP contribution in [0, 0.1) is 5.82 Å². The minimum atomic E-state index is -0.831. The summed E-state index contributed by atoms with van der Waals surface area (Å²) in [6.45, 7) is -0.111. The van der Waals surface area contributed by atoms with E-state index in [2.05, 4.69) is 5.32 Å². The highest BCUT2D eigenvalue weighted by atomic mass is 32.2. The number of carbonyl (C=O) groups excluding carboxylic acids is 2. The van der Waals surface area contributed by atoms with Gasteiger partial charge < -0.3 is 19.5 Å². The zero-order valence-corrected chi connectivity index (χ0v) is 17.4. The summed E-state index contributed by atoms with van der Waals surface area (Å²) in [7, 11) is 2.85. The van der Waals surface area contributed by atoms with E-state index in [-0.39, 0.29) is 12.4 Å². The average molecular weight is 421 g/mol. The summed E-state index contributed by atoms with van der Waals surface area (Å²) in [5.41, 5.74) is 0.811. The molecule has 0 spiro atoms. The number of nitrogens with one attached hydrogen (secondary N) is 1. The number of carbonyl (C=O) groups is 2. The lowest BCUT2D eigenvalue weighted by Crippen LogP contribution is -2.42. The highest BCUT2D eigenvalue weighted by molar-refractivity contribution is 7.98. The van der Waals surface area contributed by atoms with Crippen LogP contribution in [-0.2, 0) is 16.1 Å². The average Bonchev–Trinajstić information content (AvgIpc) is 2.74. The molecule has 1 N–H and O–H groups in total. The van der Waals surface area contributed by atoms with Crippen LogP contribution in [0.5, 0.6) is 11.5 Å². The lowest BCUT2D eigenvalue weighted by Gasteiger charge is -2.18. The van der Waals surface area contributed by atoms with Gasteiger partial charge in [-0.1, -0.05) is 18.2 Å². The number of halogens is 1. The van der Waals surface area contributed by atoms with Gasteiger partial charge in [0.2, 0.25) is 0 Å². The van der Waals surface area contributed by atoms with Crippen LogP contribution in [0.1, 0.15) is 22.3 Å². The number of hydrogen-bond acceptors (Lipinski definition) is 6. The van der Waals surface area contributed by atoms with Gasteiger partial charge in [0.25, 0.3) is 5.91 Å². The zero-order valence-electron chi connectivity index (χ0n) is 16.6. The smallest absolute Gasteiger partial charge is 0.329 e. The predicted molar refractivity (Wildman–Crippen MR) is 110 cm³/mol. The SMILES string of the molecule is COc1ccc(COC(=O)[C@H](CCSC)NC(=O)c2ccccc2OC)cc1F. The maximum Gasteiger partial charge on any atom is 0.329 e. The topological polar surface area (TPSA) is 73.9 Å². The summed E-state index contributed by atoms with van der Waals surface area (Å²) in [5.74, 6) is -0.370. The molecule has 0 aliphatic heterocycles. The first kappa shape index (κ1) is 22.5. The normalized spacial score (nSPS) is 11.4. The molecule has 0 bridgehead atoms. The second-order valence-corrected chi connectivity index (χ2v) is 7.07. The van der Waals surface area contributed by atoms with Crippen LogP contribution in [0.15, 0.2) is 42.5 Å². The molecule has 0 fully saturated rings. The standard InChI is InChI=1S/C21H24FNO5S/c1-26-18-7-5-4-6-15(18)20(24)23-17(10-11-29-3)21(25)28-13-14-8-9-19(27-2)16(22)12-14/h4-9,12,17H,10-11,13H2,1-3H3,(H,23,24)/t17-/m0/s1. The Hall–Kier alpha value is -2.74. The maximum atomic E-state index is 13.8. The zero-order chi connectivity index (χ0) is 21.2. The molecule has 0 radical (unpaired) electrons. The molecule has 2 aromatic carbocycles. The molecule has 6 nitrogen and oxygen atoms in total. The minimum absolute atomic E-state index is 0.111. The maximum absolute atomic E-state index is 13.8. The Labute approximate surface area is 173 Å². The van der Waals surface area contributed by atoms with Crippen molar-refractivity contribution in [1.29, 1.82) is 0 Å². The number of hydrogen-bond donors (Lipinski definition) is 1. The van der Waals surface area contributed by atoms with Gasteiger partial charge in [0.05, 0.1) is 19.8 Å². The molecule has 0 aromatic heterocycles. The number of rotatable bonds is 10. The van der Waals surface area contributed by atoms with Gasteiger partial charge >= 0.3 is 5.97 Å². The Morgan fingerprint density at radius 2 is 1.83 bits per heavy atom. The largest absolute Gasteiger partial charge is 0.496 e. The molecule has 0 saturated heterocycles. The lowest BCUT2D eigenvalue weighted by molar-refractivity contribution is -0.147. The van der Waals surface area contributed by atoms with Crippen molar-refractivity contribution in [1.82, 2.24) is 5.32 Å². The van der Waals surface area contributed by atoms with Crippen LogP contribution < -0.4 is 14.8 Å². The highest BCUT2D eigenvalue weighted by Gasteiger charge is 2.24. The Morgan fingerprint density at radius 1 is 1.10 bits per heavy atom. The van der Waals surface area contributed by atoms with Gasteiger partial charge in [0, 0.05) is 0 Å². The van der Waals surface area contributed by atoms with E-state index >= 15 is 0 Å². The van der Waals surface area contributed by atoms with E-state index in [1.54, 1.807) is 42.1 Å². The lowest BCUT2D eigenvalue weighted by atomic mass is 10.1.